The molecule has 246 valence electrons. The van der Waals surface area contributed by atoms with E-state index in [1.54, 1.807) is 44.2 Å². The summed E-state index contributed by atoms with van der Waals surface area (Å²) in [5.41, 5.74) is 3.23. The number of ether oxygens (including phenoxy) is 1. The lowest BCUT2D eigenvalue weighted by Crippen LogP contribution is -2.51. The number of para-hydroxylation sites is 1. The number of aliphatic carboxylic acids is 1. The molecule has 1 unspecified atom stereocenters. The molecule has 13 heteroatoms. The topological polar surface area (TPSA) is 174 Å². The van der Waals surface area contributed by atoms with Crippen LogP contribution >= 0.6 is 0 Å². The highest BCUT2D eigenvalue weighted by Gasteiger charge is 2.40. The van der Waals surface area contributed by atoms with Crippen molar-refractivity contribution in [2.75, 3.05) is 41.0 Å². The maximum absolute atomic E-state index is 13.6. The van der Waals surface area contributed by atoms with Gasteiger partial charge in [0.25, 0.3) is 5.91 Å². The van der Waals surface area contributed by atoms with Gasteiger partial charge in [-0.2, -0.15) is 0 Å². The number of nitrogens with one attached hydrogen (secondary N) is 3. The Morgan fingerprint density at radius 2 is 1.60 bits per heavy atom. The van der Waals surface area contributed by atoms with E-state index in [2.05, 4.69) is 16.0 Å². The van der Waals surface area contributed by atoms with Gasteiger partial charge in [0.2, 0.25) is 11.8 Å². The summed E-state index contributed by atoms with van der Waals surface area (Å²) in [6.45, 7) is 4.69. The smallest absolute Gasteiger partial charge is 0.329 e. The minimum absolute atomic E-state index is 0.0200. The number of carboxylic acid groups (broad SMARTS) is 1. The number of benzene rings is 3. The van der Waals surface area contributed by atoms with Gasteiger partial charge in [0.05, 0.1) is 31.2 Å². The number of hydrogen-bond donors (Lipinski definition) is 4. The predicted molar refractivity (Wildman–Crippen MR) is 175 cm³/mol. The number of hydrogen-bond acceptors (Lipinski definition) is 7. The third kappa shape index (κ3) is 8.51. The summed E-state index contributed by atoms with van der Waals surface area (Å²) in [5.74, 6) is -3.78. The summed E-state index contributed by atoms with van der Waals surface area (Å²) < 4.78 is 4.96. The Hall–Kier alpha value is -5.72. The minimum Gasteiger partial charge on any atom is -0.481 e. The Kier molecular flexibility index (Phi) is 10.9. The fraction of sp³-hybridized carbons (Fsp3) is 0.294. The lowest BCUT2D eigenvalue weighted by atomic mass is 10.00. The van der Waals surface area contributed by atoms with E-state index < -0.39 is 48.3 Å². The number of anilines is 4. The highest BCUT2D eigenvalue weighted by Crippen LogP contribution is 2.32. The third-order valence-corrected chi connectivity index (χ3v) is 7.57. The van der Waals surface area contributed by atoms with E-state index in [0.29, 0.717) is 16.9 Å². The van der Waals surface area contributed by atoms with Crippen molar-refractivity contribution in [2.45, 2.75) is 39.7 Å². The number of carbonyl (C=O) groups excluding carboxylic acids is 5. The summed E-state index contributed by atoms with van der Waals surface area (Å²) in [4.78, 5) is 78.9. The van der Waals surface area contributed by atoms with Crippen LogP contribution in [0.5, 0.6) is 0 Å². The van der Waals surface area contributed by atoms with Crippen LogP contribution in [0.4, 0.5) is 27.5 Å². The van der Waals surface area contributed by atoms with Crippen LogP contribution in [0.15, 0.2) is 66.7 Å². The van der Waals surface area contributed by atoms with Crippen molar-refractivity contribution < 1.29 is 38.6 Å². The van der Waals surface area contributed by atoms with Crippen LogP contribution in [0.3, 0.4) is 0 Å². The second-order valence-electron chi connectivity index (χ2n) is 11.4. The number of rotatable bonds is 11. The van der Waals surface area contributed by atoms with Crippen molar-refractivity contribution in [3.8, 4) is 0 Å². The molecule has 0 aromatic heterocycles. The summed E-state index contributed by atoms with van der Waals surface area (Å²) in [7, 11) is 1.21. The number of methoxy groups -OCH3 is 1. The Morgan fingerprint density at radius 1 is 0.915 bits per heavy atom. The second kappa shape index (κ2) is 15.0. The van der Waals surface area contributed by atoms with E-state index in [1.807, 2.05) is 25.1 Å². The number of nitrogens with zero attached hydrogens (tertiary/aromatic N) is 2. The van der Waals surface area contributed by atoms with Crippen LogP contribution in [-0.2, 0) is 30.3 Å². The number of fused-ring (bicyclic) bond motifs is 1. The van der Waals surface area contributed by atoms with Crippen LogP contribution in [-0.4, -0.2) is 71.9 Å². The van der Waals surface area contributed by atoms with E-state index in [4.69, 9.17) is 4.74 Å². The van der Waals surface area contributed by atoms with Crippen LogP contribution in [0.1, 0.15) is 41.8 Å². The zero-order valence-electron chi connectivity index (χ0n) is 26.5. The van der Waals surface area contributed by atoms with Gasteiger partial charge in [-0.25, -0.2) is 9.59 Å². The Bertz CT molecular complexity index is 1690. The summed E-state index contributed by atoms with van der Waals surface area (Å²) in [5, 5.41) is 17.5. The van der Waals surface area contributed by atoms with E-state index >= 15 is 0 Å². The molecule has 0 radical (unpaired) electrons. The molecule has 1 aliphatic heterocycles. The lowest BCUT2D eigenvalue weighted by Gasteiger charge is -2.32. The molecule has 1 heterocycles. The van der Waals surface area contributed by atoms with Crippen LogP contribution in [0, 0.1) is 12.8 Å². The standard InChI is InChI=1S/C34H37N5O8/c1-20(2)31(33(45)47-4)39-27-14-13-24(18-25(27)32(44)38(19-29(39)41)16-15-30(42)43)35-28(40)17-22-9-11-23(12-10-22)36-34(46)37-26-8-6-5-7-21(26)3/h5-14,18,20,31H,15-17,19H2,1-4H3,(H,35,40)(H,42,43)(H2,36,37,46). The van der Waals surface area contributed by atoms with Crippen LogP contribution in [0.2, 0.25) is 0 Å². The average Bonchev–Trinajstić information content (AvgIpc) is 3.12. The van der Waals surface area contributed by atoms with Crippen molar-refractivity contribution >= 4 is 58.4 Å². The van der Waals surface area contributed by atoms with Gasteiger partial charge in [0, 0.05) is 23.6 Å². The van der Waals surface area contributed by atoms with Crippen molar-refractivity contribution in [1.29, 1.82) is 0 Å². The van der Waals surface area contributed by atoms with Crippen LogP contribution < -0.4 is 20.9 Å². The van der Waals surface area contributed by atoms with Gasteiger partial charge in [-0.3, -0.25) is 24.1 Å². The van der Waals surface area contributed by atoms with Gasteiger partial charge < -0.3 is 30.7 Å². The first-order chi connectivity index (χ1) is 22.4. The lowest BCUT2D eigenvalue weighted by molar-refractivity contribution is -0.144. The number of carboxylic acids is 1. The Labute approximate surface area is 271 Å². The van der Waals surface area contributed by atoms with Gasteiger partial charge in [-0.15, -0.1) is 0 Å². The monoisotopic (exact) mass is 643 g/mol. The highest BCUT2D eigenvalue weighted by atomic mass is 16.5. The maximum Gasteiger partial charge on any atom is 0.329 e. The molecule has 4 N–H and O–H groups in total. The molecule has 3 aromatic rings. The van der Waals surface area contributed by atoms with Crippen molar-refractivity contribution in [3.05, 3.63) is 83.4 Å². The molecule has 1 aliphatic rings. The van der Waals surface area contributed by atoms with E-state index in [0.717, 1.165) is 10.5 Å². The Balaban J connectivity index is 1.51. The molecule has 47 heavy (non-hydrogen) atoms. The highest BCUT2D eigenvalue weighted by molar-refractivity contribution is 6.12. The fourth-order valence-corrected chi connectivity index (χ4v) is 5.22. The molecular formula is C34H37N5O8. The van der Waals surface area contributed by atoms with Crippen molar-refractivity contribution in [1.82, 2.24) is 4.90 Å². The molecule has 13 nitrogen and oxygen atoms in total. The summed E-state index contributed by atoms with van der Waals surface area (Å²) >= 11 is 0. The number of urea groups is 1. The van der Waals surface area contributed by atoms with Crippen LogP contribution in [0.25, 0.3) is 0 Å². The third-order valence-electron chi connectivity index (χ3n) is 7.57. The van der Waals surface area contributed by atoms with Gasteiger partial charge >= 0.3 is 18.0 Å². The summed E-state index contributed by atoms with van der Waals surface area (Å²) in [6.07, 6.45) is -0.408. The molecular weight excluding hydrogens is 606 g/mol. The fourth-order valence-electron chi connectivity index (χ4n) is 5.22. The Morgan fingerprint density at radius 3 is 2.23 bits per heavy atom. The number of amides is 5. The normalized spacial score (nSPS) is 13.4. The largest absolute Gasteiger partial charge is 0.481 e. The van der Waals surface area contributed by atoms with Gasteiger partial charge in [0.15, 0.2) is 0 Å². The van der Waals surface area contributed by atoms with E-state index in [-0.39, 0.29) is 42.2 Å². The molecule has 0 saturated carbocycles. The number of carbonyl (C=O) groups is 6. The van der Waals surface area contributed by atoms with Gasteiger partial charge in [-0.05, 0) is 60.4 Å². The molecule has 4 rings (SSSR count). The molecule has 3 aromatic carbocycles. The first-order valence-corrected chi connectivity index (χ1v) is 14.9. The summed E-state index contributed by atoms with van der Waals surface area (Å²) in [6, 6.07) is 17.1. The number of aryl methyl sites for hydroxylation is 1. The minimum atomic E-state index is -1.14. The molecule has 0 spiro atoms. The molecule has 0 fully saturated rings. The van der Waals surface area contributed by atoms with Crippen molar-refractivity contribution in [2.24, 2.45) is 5.92 Å². The van der Waals surface area contributed by atoms with E-state index in [9.17, 15) is 33.9 Å². The van der Waals surface area contributed by atoms with Gasteiger partial charge in [0.1, 0.15) is 12.6 Å². The maximum atomic E-state index is 13.6. The molecule has 5 amide bonds. The second-order valence-corrected chi connectivity index (χ2v) is 11.4. The van der Waals surface area contributed by atoms with Crippen molar-refractivity contribution in [3.63, 3.8) is 0 Å². The number of esters is 1. The zero-order chi connectivity index (χ0) is 34.2. The SMILES string of the molecule is COC(=O)C(C(C)C)N1C(=O)CN(CCC(=O)O)C(=O)c2cc(NC(=O)Cc3ccc(NC(=O)Nc4ccccc4C)cc3)ccc21. The predicted octanol–water partition coefficient (Wildman–Crippen LogP) is 4.28. The van der Waals surface area contributed by atoms with Gasteiger partial charge in [-0.1, -0.05) is 44.2 Å². The molecule has 0 aliphatic carbocycles. The first-order valence-electron chi connectivity index (χ1n) is 14.9. The molecule has 0 bridgehead atoms. The molecule has 0 saturated heterocycles. The zero-order valence-corrected chi connectivity index (χ0v) is 26.5. The molecule has 1 atom stereocenters. The average molecular weight is 644 g/mol. The van der Waals surface area contributed by atoms with E-state index in [1.165, 1.54) is 30.2 Å². The quantitative estimate of drug-likeness (QED) is 0.224. The first kappa shape index (κ1) is 34.2.